The Hall–Kier alpha value is -4.04. The summed E-state index contributed by atoms with van der Waals surface area (Å²) >= 11 is 0. The highest BCUT2D eigenvalue weighted by atomic mass is 14.7. The highest BCUT2D eigenvalue weighted by Gasteiger charge is 2.34. The minimum Gasteiger partial charge on any atom is -0.256 e. The first-order valence-electron chi connectivity index (χ1n) is 11.4. The molecule has 1 aliphatic carbocycles. The Labute approximate surface area is 192 Å². The van der Waals surface area contributed by atoms with Gasteiger partial charge in [0.1, 0.15) is 0 Å². The van der Waals surface area contributed by atoms with Crippen molar-refractivity contribution >= 4 is 32.3 Å². The fourth-order valence-electron chi connectivity index (χ4n) is 5.59. The second-order valence-corrected chi connectivity index (χ2v) is 9.53. The van der Waals surface area contributed by atoms with Crippen molar-refractivity contribution in [1.82, 2.24) is 9.97 Å². The van der Waals surface area contributed by atoms with E-state index in [1.54, 1.807) is 0 Å². The molecule has 0 spiro atoms. The monoisotopic (exact) mass is 422 g/mol. The van der Waals surface area contributed by atoms with Crippen molar-refractivity contribution in [2.75, 3.05) is 0 Å². The molecule has 0 bridgehead atoms. The van der Waals surface area contributed by atoms with E-state index in [1.807, 2.05) is 18.5 Å². The lowest BCUT2D eigenvalue weighted by Crippen LogP contribution is -2.14. The van der Waals surface area contributed by atoms with Crippen LogP contribution in [0.15, 0.2) is 97.3 Å². The topological polar surface area (TPSA) is 25.8 Å². The summed E-state index contributed by atoms with van der Waals surface area (Å²) in [6, 6.07) is 30.4. The standard InChI is InChI=1S/C31H22N2/c1-31(2)25-11-5-9-20-15-24(23-10-6-12-26(31)30(23)29(20)25)27-14-13-22(18-32-27)28-16-19-7-3-4-8-21(19)17-33-28/h3-18H,1-2H3. The van der Waals surface area contributed by atoms with Gasteiger partial charge in [-0.15, -0.1) is 0 Å². The molecule has 7 rings (SSSR count). The molecule has 0 atom stereocenters. The molecule has 0 unspecified atom stereocenters. The number of hydrogen-bond donors (Lipinski definition) is 0. The van der Waals surface area contributed by atoms with Crippen molar-refractivity contribution in [3.8, 4) is 22.5 Å². The predicted molar refractivity (Wildman–Crippen MR) is 138 cm³/mol. The first kappa shape index (κ1) is 18.5. The molecule has 0 aliphatic heterocycles. The fraction of sp³-hybridized carbons (Fsp3) is 0.0968. The number of aromatic nitrogens is 2. The summed E-state index contributed by atoms with van der Waals surface area (Å²) in [6.45, 7) is 4.67. The van der Waals surface area contributed by atoms with E-state index in [9.17, 15) is 0 Å². The van der Waals surface area contributed by atoms with Crippen molar-refractivity contribution in [2.24, 2.45) is 0 Å². The van der Waals surface area contributed by atoms with Crippen LogP contribution < -0.4 is 0 Å². The van der Waals surface area contributed by atoms with Gasteiger partial charge in [-0.25, -0.2) is 0 Å². The molecular formula is C31H22N2. The zero-order valence-electron chi connectivity index (χ0n) is 18.6. The Balaban J connectivity index is 1.41. The Bertz CT molecular complexity index is 1730. The molecular weight excluding hydrogens is 400 g/mol. The van der Waals surface area contributed by atoms with E-state index >= 15 is 0 Å². The Kier molecular flexibility index (Phi) is 3.64. The quantitative estimate of drug-likeness (QED) is 0.265. The number of pyridine rings is 2. The van der Waals surface area contributed by atoms with Crippen molar-refractivity contribution in [2.45, 2.75) is 19.3 Å². The highest BCUT2D eigenvalue weighted by molar-refractivity contribution is 6.19. The van der Waals surface area contributed by atoms with Gasteiger partial charge in [-0.2, -0.15) is 0 Å². The molecule has 0 amide bonds. The first-order valence-corrected chi connectivity index (χ1v) is 11.4. The van der Waals surface area contributed by atoms with Gasteiger partial charge in [-0.1, -0.05) is 74.5 Å². The number of fused-ring (bicyclic) bond motifs is 1. The molecule has 156 valence electrons. The second kappa shape index (κ2) is 6.49. The summed E-state index contributed by atoms with van der Waals surface area (Å²) < 4.78 is 0. The van der Waals surface area contributed by atoms with Gasteiger partial charge in [0.05, 0.1) is 11.4 Å². The van der Waals surface area contributed by atoms with Crippen LogP contribution in [0.4, 0.5) is 0 Å². The molecule has 2 nitrogen and oxygen atoms in total. The van der Waals surface area contributed by atoms with Crippen LogP contribution in [-0.4, -0.2) is 9.97 Å². The van der Waals surface area contributed by atoms with E-state index in [-0.39, 0.29) is 5.41 Å². The van der Waals surface area contributed by atoms with Gasteiger partial charge in [-0.05, 0) is 62.3 Å². The molecule has 2 heterocycles. The maximum absolute atomic E-state index is 4.91. The first-order chi connectivity index (χ1) is 16.1. The summed E-state index contributed by atoms with van der Waals surface area (Å²) in [6.07, 6.45) is 3.89. The van der Waals surface area contributed by atoms with Crippen LogP contribution in [0.1, 0.15) is 25.0 Å². The summed E-state index contributed by atoms with van der Waals surface area (Å²) in [5, 5.41) is 7.69. The highest BCUT2D eigenvalue weighted by Crippen LogP contribution is 2.50. The largest absolute Gasteiger partial charge is 0.256 e. The zero-order chi connectivity index (χ0) is 22.2. The third-order valence-electron chi connectivity index (χ3n) is 7.31. The molecule has 4 aromatic carbocycles. The normalized spacial score (nSPS) is 14.0. The SMILES string of the molecule is CC1(C)c2cccc3cc(-c4ccc(-c5cc6ccccc6cn5)cn4)c4cccc1c4c23. The van der Waals surface area contributed by atoms with E-state index in [1.165, 1.54) is 43.6 Å². The molecule has 0 fully saturated rings. The van der Waals surface area contributed by atoms with Crippen LogP contribution in [0.5, 0.6) is 0 Å². The average Bonchev–Trinajstić information content (AvgIpc) is 3.10. The summed E-state index contributed by atoms with van der Waals surface area (Å²) in [5.74, 6) is 0. The van der Waals surface area contributed by atoms with Crippen molar-refractivity contribution in [3.05, 3.63) is 108 Å². The van der Waals surface area contributed by atoms with Gasteiger partial charge >= 0.3 is 0 Å². The summed E-state index contributed by atoms with van der Waals surface area (Å²) in [7, 11) is 0. The summed E-state index contributed by atoms with van der Waals surface area (Å²) in [4.78, 5) is 9.57. The molecule has 1 aliphatic rings. The molecule has 2 aromatic heterocycles. The van der Waals surface area contributed by atoms with Crippen molar-refractivity contribution < 1.29 is 0 Å². The third-order valence-corrected chi connectivity index (χ3v) is 7.31. The molecule has 0 saturated carbocycles. The zero-order valence-corrected chi connectivity index (χ0v) is 18.6. The van der Waals surface area contributed by atoms with Crippen molar-refractivity contribution in [3.63, 3.8) is 0 Å². The Morgan fingerprint density at radius 3 is 2.12 bits per heavy atom. The van der Waals surface area contributed by atoms with Gasteiger partial charge in [0.2, 0.25) is 0 Å². The number of hydrogen-bond acceptors (Lipinski definition) is 2. The number of rotatable bonds is 2. The lowest BCUT2D eigenvalue weighted by molar-refractivity contribution is 0.663. The Morgan fingerprint density at radius 1 is 0.576 bits per heavy atom. The molecule has 0 saturated heterocycles. The maximum atomic E-state index is 4.91. The molecule has 2 heteroatoms. The van der Waals surface area contributed by atoms with E-state index in [2.05, 4.69) is 97.7 Å². The van der Waals surface area contributed by atoms with E-state index in [0.717, 1.165) is 22.3 Å². The van der Waals surface area contributed by atoms with Crippen LogP contribution in [0.25, 0.3) is 54.8 Å². The van der Waals surface area contributed by atoms with E-state index in [0.29, 0.717) is 0 Å². The van der Waals surface area contributed by atoms with Gasteiger partial charge in [-0.3, -0.25) is 9.97 Å². The fourth-order valence-corrected chi connectivity index (χ4v) is 5.59. The van der Waals surface area contributed by atoms with Gasteiger partial charge in [0.15, 0.2) is 0 Å². The number of benzene rings is 4. The maximum Gasteiger partial charge on any atom is 0.0723 e. The Morgan fingerprint density at radius 2 is 1.30 bits per heavy atom. The molecule has 0 N–H and O–H groups in total. The lowest BCUT2D eigenvalue weighted by atomic mass is 9.82. The third kappa shape index (κ3) is 2.55. The average molecular weight is 423 g/mol. The van der Waals surface area contributed by atoms with Crippen LogP contribution in [0.2, 0.25) is 0 Å². The molecule has 0 radical (unpaired) electrons. The second-order valence-electron chi connectivity index (χ2n) is 9.53. The van der Waals surface area contributed by atoms with Gasteiger partial charge in [0, 0.05) is 34.3 Å². The minimum atomic E-state index is 0.0129. The van der Waals surface area contributed by atoms with Crippen LogP contribution >= 0.6 is 0 Å². The predicted octanol–water partition coefficient (Wildman–Crippen LogP) is 7.91. The van der Waals surface area contributed by atoms with Crippen molar-refractivity contribution in [1.29, 1.82) is 0 Å². The van der Waals surface area contributed by atoms with E-state index < -0.39 is 0 Å². The van der Waals surface area contributed by atoms with Gasteiger partial charge < -0.3 is 0 Å². The number of nitrogens with zero attached hydrogens (tertiary/aromatic N) is 2. The summed E-state index contributed by atoms with van der Waals surface area (Å²) in [5.41, 5.74) is 7.00. The molecule has 33 heavy (non-hydrogen) atoms. The van der Waals surface area contributed by atoms with E-state index in [4.69, 9.17) is 4.98 Å². The molecule has 6 aromatic rings. The lowest BCUT2D eigenvalue weighted by Gasteiger charge is -2.21. The van der Waals surface area contributed by atoms with Crippen LogP contribution in [0.3, 0.4) is 0 Å². The van der Waals surface area contributed by atoms with Crippen LogP contribution in [0, 0.1) is 0 Å². The minimum absolute atomic E-state index is 0.0129. The smallest absolute Gasteiger partial charge is 0.0723 e. The van der Waals surface area contributed by atoms with Crippen LogP contribution in [-0.2, 0) is 5.41 Å². The van der Waals surface area contributed by atoms with Gasteiger partial charge in [0.25, 0.3) is 0 Å².